The first-order valence-corrected chi connectivity index (χ1v) is 22.1. The molecule has 0 aromatic rings. The zero-order valence-corrected chi connectivity index (χ0v) is 33.8. The molecule has 0 aliphatic rings. The highest BCUT2D eigenvalue weighted by Crippen LogP contribution is 2.36. The van der Waals surface area contributed by atoms with Crippen LogP contribution in [0.1, 0.15) is 181 Å². The SMILES string of the molecule is CC/C=C\C/C=C\C/C=C\CCCCCCCC(=O)OC(COC(=O)CCCCCCCCCCC/C=C\C/C=C\CCCCC)COP(=O)(O)O. The molecule has 2 N–H and O–H groups in total. The molecular formula is C43H75O8P. The predicted molar refractivity (Wildman–Crippen MR) is 216 cm³/mol. The summed E-state index contributed by atoms with van der Waals surface area (Å²) in [5, 5.41) is 0. The molecule has 52 heavy (non-hydrogen) atoms. The van der Waals surface area contributed by atoms with E-state index in [1.54, 1.807) is 0 Å². The Bertz CT molecular complexity index is 1030. The van der Waals surface area contributed by atoms with Gasteiger partial charge >= 0.3 is 19.8 Å². The molecule has 0 aromatic carbocycles. The van der Waals surface area contributed by atoms with Crippen molar-refractivity contribution in [3.63, 3.8) is 0 Å². The van der Waals surface area contributed by atoms with E-state index >= 15 is 0 Å². The summed E-state index contributed by atoms with van der Waals surface area (Å²) in [7, 11) is -4.76. The summed E-state index contributed by atoms with van der Waals surface area (Å²) < 4.78 is 26.4. The summed E-state index contributed by atoms with van der Waals surface area (Å²) in [6, 6.07) is 0. The molecule has 0 saturated carbocycles. The Morgan fingerprint density at radius 2 is 0.923 bits per heavy atom. The monoisotopic (exact) mass is 751 g/mol. The summed E-state index contributed by atoms with van der Waals surface area (Å²) >= 11 is 0. The minimum atomic E-state index is -4.76. The Labute approximate surface area is 317 Å². The number of carbonyl (C=O) groups is 2. The molecule has 1 unspecified atom stereocenters. The molecule has 0 aliphatic carbocycles. The van der Waals surface area contributed by atoms with Gasteiger partial charge in [0.2, 0.25) is 0 Å². The fourth-order valence-corrected chi connectivity index (χ4v) is 5.84. The lowest BCUT2D eigenvalue weighted by Crippen LogP contribution is -2.29. The Morgan fingerprint density at radius 3 is 1.38 bits per heavy atom. The van der Waals surface area contributed by atoms with Gasteiger partial charge in [-0.15, -0.1) is 0 Å². The molecule has 0 spiro atoms. The van der Waals surface area contributed by atoms with Crippen molar-refractivity contribution < 1.29 is 37.9 Å². The molecule has 0 heterocycles. The van der Waals surface area contributed by atoms with Crippen molar-refractivity contribution in [3.05, 3.63) is 60.8 Å². The minimum Gasteiger partial charge on any atom is -0.462 e. The third-order valence-corrected chi connectivity index (χ3v) is 9.01. The van der Waals surface area contributed by atoms with E-state index in [0.29, 0.717) is 12.8 Å². The quantitative estimate of drug-likeness (QED) is 0.0279. The van der Waals surface area contributed by atoms with E-state index < -0.39 is 32.5 Å². The molecule has 300 valence electrons. The standard InChI is InChI=1S/C43H75O8P/c1-3-5-7-9-11-13-15-17-19-20-21-22-24-25-27-29-31-33-35-37-42(44)49-39-41(40-50-52(46,47)48)51-43(45)38-36-34-32-30-28-26-23-18-16-14-12-10-8-6-4-2/h6,8,11-14,17-19,23,41H,3-5,7,9-10,15-16,20-22,24-40H2,1-2H3,(H2,46,47,48)/b8-6-,13-11-,14-12-,19-17-,23-18-. The number of phosphoric ester groups is 1. The van der Waals surface area contributed by atoms with Crippen molar-refractivity contribution in [2.75, 3.05) is 13.2 Å². The molecule has 0 fully saturated rings. The lowest BCUT2D eigenvalue weighted by atomic mass is 10.1. The molecule has 9 heteroatoms. The first kappa shape index (κ1) is 49.8. The highest BCUT2D eigenvalue weighted by Gasteiger charge is 2.22. The largest absolute Gasteiger partial charge is 0.469 e. The van der Waals surface area contributed by atoms with Crippen LogP contribution < -0.4 is 0 Å². The maximum atomic E-state index is 12.4. The van der Waals surface area contributed by atoms with E-state index in [9.17, 15) is 14.2 Å². The number of unbranched alkanes of at least 4 members (excludes halogenated alkanes) is 17. The van der Waals surface area contributed by atoms with Gasteiger partial charge in [-0.2, -0.15) is 0 Å². The van der Waals surface area contributed by atoms with E-state index in [1.165, 1.54) is 57.8 Å². The Kier molecular flexibility index (Phi) is 36.8. The van der Waals surface area contributed by atoms with Crippen LogP contribution in [-0.2, 0) is 28.2 Å². The smallest absolute Gasteiger partial charge is 0.462 e. The number of ether oxygens (including phenoxy) is 2. The molecule has 0 saturated heterocycles. The molecular weight excluding hydrogens is 675 g/mol. The molecule has 0 aliphatic heterocycles. The number of esters is 2. The van der Waals surface area contributed by atoms with Crippen LogP contribution in [-0.4, -0.2) is 41.0 Å². The van der Waals surface area contributed by atoms with E-state index in [-0.39, 0.29) is 19.4 Å². The maximum absolute atomic E-state index is 12.4. The highest BCUT2D eigenvalue weighted by atomic mass is 31.2. The van der Waals surface area contributed by atoms with Gasteiger partial charge in [0.15, 0.2) is 6.10 Å². The lowest BCUT2D eigenvalue weighted by Gasteiger charge is -2.18. The van der Waals surface area contributed by atoms with Gasteiger partial charge in [0.05, 0.1) is 6.61 Å². The van der Waals surface area contributed by atoms with Gasteiger partial charge in [-0.1, -0.05) is 152 Å². The molecule has 1 atom stereocenters. The van der Waals surface area contributed by atoms with E-state index in [0.717, 1.165) is 83.5 Å². The number of allylic oxidation sites excluding steroid dienone is 10. The van der Waals surface area contributed by atoms with Crippen LogP contribution in [0.2, 0.25) is 0 Å². The molecule has 0 rings (SSSR count). The van der Waals surface area contributed by atoms with Gasteiger partial charge in [-0.25, -0.2) is 4.57 Å². The summed E-state index contributed by atoms with van der Waals surface area (Å²) in [6.07, 6.45) is 47.9. The average Bonchev–Trinajstić information content (AvgIpc) is 3.11. The summed E-state index contributed by atoms with van der Waals surface area (Å²) in [5.41, 5.74) is 0. The van der Waals surface area contributed by atoms with Crippen LogP contribution in [0, 0.1) is 0 Å². The summed E-state index contributed by atoms with van der Waals surface area (Å²) in [6.45, 7) is 3.53. The fourth-order valence-electron chi connectivity index (χ4n) is 5.48. The number of hydrogen-bond donors (Lipinski definition) is 2. The second-order valence-electron chi connectivity index (χ2n) is 13.6. The van der Waals surface area contributed by atoms with Crippen molar-refractivity contribution in [2.24, 2.45) is 0 Å². The van der Waals surface area contributed by atoms with Crippen LogP contribution in [0.4, 0.5) is 0 Å². The predicted octanol–water partition coefficient (Wildman–Crippen LogP) is 12.5. The fraction of sp³-hybridized carbons (Fsp3) is 0.721. The number of rotatable bonds is 37. The Morgan fingerprint density at radius 1 is 0.519 bits per heavy atom. The number of hydrogen-bond acceptors (Lipinski definition) is 6. The number of carbonyl (C=O) groups excluding carboxylic acids is 2. The van der Waals surface area contributed by atoms with Gasteiger partial charge in [-0.3, -0.25) is 14.1 Å². The van der Waals surface area contributed by atoms with Crippen LogP contribution >= 0.6 is 7.82 Å². The zero-order chi connectivity index (χ0) is 38.2. The third kappa shape index (κ3) is 40.5. The second-order valence-corrected chi connectivity index (χ2v) is 14.8. The van der Waals surface area contributed by atoms with Crippen molar-refractivity contribution in [1.82, 2.24) is 0 Å². The maximum Gasteiger partial charge on any atom is 0.469 e. The van der Waals surface area contributed by atoms with Crippen molar-refractivity contribution in [2.45, 2.75) is 187 Å². The minimum absolute atomic E-state index is 0.189. The van der Waals surface area contributed by atoms with Crippen LogP contribution in [0.5, 0.6) is 0 Å². The van der Waals surface area contributed by atoms with Gasteiger partial charge < -0.3 is 19.3 Å². The summed E-state index contributed by atoms with van der Waals surface area (Å²) in [4.78, 5) is 42.8. The Hall–Kier alpha value is -2.25. The van der Waals surface area contributed by atoms with Crippen molar-refractivity contribution >= 4 is 19.8 Å². The average molecular weight is 751 g/mol. The normalized spacial score (nSPS) is 13.1. The number of phosphoric acid groups is 1. The first-order chi connectivity index (χ1) is 25.3. The Balaban J connectivity index is 3.95. The van der Waals surface area contributed by atoms with Crippen LogP contribution in [0.25, 0.3) is 0 Å². The second kappa shape index (κ2) is 38.5. The van der Waals surface area contributed by atoms with E-state index in [1.807, 2.05) is 0 Å². The molecule has 8 nitrogen and oxygen atoms in total. The third-order valence-electron chi connectivity index (χ3n) is 8.52. The molecule has 0 radical (unpaired) electrons. The molecule has 0 bridgehead atoms. The van der Waals surface area contributed by atoms with Crippen LogP contribution in [0.3, 0.4) is 0 Å². The van der Waals surface area contributed by atoms with Gasteiger partial charge in [-0.05, 0) is 77.0 Å². The first-order valence-electron chi connectivity index (χ1n) is 20.6. The van der Waals surface area contributed by atoms with Gasteiger partial charge in [0.25, 0.3) is 0 Å². The van der Waals surface area contributed by atoms with E-state index in [2.05, 4.69) is 79.1 Å². The van der Waals surface area contributed by atoms with E-state index in [4.69, 9.17) is 19.3 Å². The lowest BCUT2D eigenvalue weighted by molar-refractivity contribution is -0.161. The van der Waals surface area contributed by atoms with Crippen molar-refractivity contribution in [1.29, 1.82) is 0 Å². The summed E-state index contributed by atoms with van der Waals surface area (Å²) in [5.74, 6) is -0.912. The zero-order valence-electron chi connectivity index (χ0n) is 32.9. The van der Waals surface area contributed by atoms with Crippen LogP contribution in [0.15, 0.2) is 60.8 Å². The van der Waals surface area contributed by atoms with Crippen molar-refractivity contribution in [3.8, 4) is 0 Å². The molecule has 0 amide bonds. The van der Waals surface area contributed by atoms with Gasteiger partial charge in [0.1, 0.15) is 6.61 Å². The molecule has 0 aromatic heterocycles. The highest BCUT2D eigenvalue weighted by molar-refractivity contribution is 7.46. The van der Waals surface area contributed by atoms with Gasteiger partial charge in [0, 0.05) is 12.8 Å². The topological polar surface area (TPSA) is 119 Å².